The molecule has 138 valence electrons. The molecule has 0 radical (unpaired) electrons. The summed E-state index contributed by atoms with van der Waals surface area (Å²) in [6.45, 7) is 6.26. The third-order valence-electron chi connectivity index (χ3n) is 5.10. The number of anilines is 1. The van der Waals surface area contributed by atoms with Crippen LogP contribution >= 0.6 is 11.6 Å². The van der Waals surface area contributed by atoms with Crippen molar-refractivity contribution in [2.45, 2.75) is 43.3 Å². The summed E-state index contributed by atoms with van der Waals surface area (Å²) in [5.41, 5.74) is 2.93. The number of amides is 1. The van der Waals surface area contributed by atoms with Gasteiger partial charge in [0.15, 0.2) is 14.6 Å². The predicted molar refractivity (Wildman–Crippen MR) is 105 cm³/mol. The van der Waals surface area contributed by atoms with Crippen LogP contribution in [0.25, 0.3) is 0 Å². The maximum absolute atomic E-state index is 13.3. The fraction of sp³-hybridized carbons (Fsp3) is 0.350. The van der Waals surface area contributed by atoms with Crippen molar-refractivity contribution in [2.75, 3.05) is 11.4 Å². The molecule has 0 heterocycles. The van der Waals surface area contributed by atoms with Gasteiger partial charge in [0.1, 0.15) is 0 Å². The van der Waals surface area contributed by atoms with Gasteiger partial charge in [0.2, 0.25) is 5.91 Å². The molecule has 1 amide bonds. The summed E-state index contributed by atoms with van der Waals surface area (Å²) in [6.07, 6.45) is 0.691. The number of carbonyl (C=O) groups is 1. The first-order chi connectivity index (χ1) is 12.2. The topological polar surface area (TPSA) is 54.5 Å². The smallest absolute Gasteiger partial charge is 0.248 e. The molecular weight excluding hydrogens is 370 g/mol. The number of hydrogen-bond acceptors (Lipinski definition) is 3. The zero-order valence-corrected chi connectivity index (χ0v) is 16.7. The van der Waals surface area contributed by atoms with Crippen LogP contribution < -0.4 is 4.90 Å². The van der Waals surface area contributed by atoms with E-state index in [1.807, 2.05) is 39.0 Å². The summed E-state index contributed by atoms with van der Waals surface area (Å²) in [6, 6.07) is 11.8. The van der Waals surface area contributed by atoms with E-state index in [1.165, 1.54) is 24.3 Å². The third-order valence-corrected chi connectivity index (χ3v) is 7.85. The zero-order chi connectivity index (χ0) is 19.1. The average Bonchev–Trinajstić information content (AvgIpc) is 3.41. The molecule has 2 aromatic carbocycles. The minimum atomic E-state index is -3.77. The molecule has 0 bridgehead atoms. The maximum atomic E-state index is 13.3. The summed E-state index contributed by atoms with van der Waals surface area (Å²) in [5, 5.41) is 0.463. The Morgan fingerprint density at radius 1 is 1.08 bits per heavy atom. The number of nitrogens with zero attached hydrogens (tertiary/aromatic N) is 1. The molecule has 2 aromatic rings. The van der Waals surface area contributed by atoms with E-state index < -0.39 is 14.6 Å². The van der Waals surface area contributed by atoms with Crippen molar-refractivity contribution in [2.24, 2.45) is 0 Å². The summed E-state index contributed by atoms with van der Waals surface area (Å²) >= 11 is 5.86. The first-order valence-corrected chi connectivity index (χ1v) is 10.5. The molecule has 3 rings (SSSR count). The Kier molecular flexibility index (Phi) is 4.88. The van der Waals surface area contributed by atoms with Crippen molar-refractivity contribution in [1.82, 2.24) is 0 Å². The number of aryl methyl sites for hydroxylation is 2. The molecular formula is C20H22ClNO3S. The van der Waals surface area contributed by atoms with Crippen LogP contribution in [-0.2, 0) is 14.6 Å². The summed E-state index contributed by atoms with van der Waals surface area (Å²) < 4.78 is 24.9. The van der Waals surface area contributed by atoms with Crippen molar-refractivity contribution in [3.05, 3.63) is 58.6 Å². The number of carbonyl (C=O) groups excluding carboxylic acids is 1. The van der Waals surface area contributed by atoms with E-state index in [2.05, 4.69) is 0 Å². The first-order valence-electron chi connectivity index (χ1n) is 8.62. The second-order valence-electron chi connectivity index (χ2n) is 6.77. The quantitative estimate of drug-likeness (QED) is 0.762. The van der Waals surface area contributed by atoms with Gasteiger partial charge in [-0.2, -0.15) is 0 Å². The molecule has 0 aliphatic heterocycles. The molecule has 0 N–H and O–H groups in total. The van der Waals surface area contributed by atoms with Gasteiger partial charge in [-0.25, -0.2) is 8.42 Å². The molecule has 0 unspecified atom stereocenters. The van der Waals surface area contributed by atoms with E-state index in [0.29, 0.717) is 24.4 Å². The van der Waals surface area contributed by atoms with Crippen LogP contribution in [0.4, 0.5) is 5.69 Å². The van der Waals surface area contributed by atoms with Crippen LogP contribution in [-0.4, -0.2) is 25.6 Å². The Morgan fingerprint density at radius 3 is 2.19 bits per heavy atom. The number of benzene rings is 2. The summed E-state index contributed by atoms with van der Waals surface area (Å²) in [7, 11) is -3.77. The van der Waals surface area contributed by atoms with Crippen LogP contribution in [0.2, 0.25) is 5.02 Å². The lowest BCUT2D eigenvalue weighted by Crippen LogP contribution is -2.45. The maximum Gasteiger partial charge on any atom is 0.248 e. The van der Waals surface area contributed by atoms with Crippen molar-refractivity contribution < 1.29 is 13.2 Å². The predicted octanol–water partition coefficient (Wildman–Crippen LogP) is 4.32. The fourth-order valence-electron chi connectivity index (χ4n) is 3.13. The van der Waals surface area contributed by atoms with E-state index in [1.54, 1.807) is 4.90 Å². The van der Waals surface area contributed by atoms with Gasteiger partial charge in [-0.05, 0) is 81.1 Å². The molecule has 0 aromatic heterocycles. The number of halogens is 1. The van der Waals surface area contributed by atoms with Gasteiger partial charge in [-0.15, -0.1) is 0 Å². The average molecular weight is 392 g/mol. The highest BCUT2D eigenvalue weighted by atomic mass is 35.5. The standard InChI is InChI=1S/C20H22ClNO3S/c1-4-22(17-8-5-14(2)15(3)13-17)19(23)20(11-12-20)26(24,25)18-9-6-16(21)7-10-18/h5-10,13H,4,11-12H2,1-3H3. The molecule has 26 heavy (non-hydrogen) atoms. The van der Waals surface area contributed by atoms with E-state index in [0.717, 1.165) is 16.8 Å². The van der Waals surface area contributed by atoms with Crippen LogP contribution in [0.5, 0.6) is 0 Å². The zero-order valence-electron chi connectivity index (χ0n) is 15.1. The Hall–Kier alpha value is -1.85. The van der Waals surface area contributed by atoms with Crippen molar-refractivity contribution in [3.63, 3.8) is 0 Å². The lowest BCUT2D eigenvalue weighted by molar-refractivity contribution is -0.118. The summed E-state index contributed by atoms with van der Waals surface area (Å²) in [5.74, 6) is -0.349. The monoisotopic (exact) mass is 391 g/mol. The molecule has 1 saturated carbocycles. The van der Waals surface area contributed by atoms with Gasteiger partial charge in [-0.3, -0.25) is 4.79 Å². The first kappa shape index (κ1) is 18.9. The van der Waals surface area contributed by atoms with Crippen LogP contribution in [0.15, 0.2) is 47.4 Å². The number of sulfone groups is 1. The van der Waals surface area contributed by atoms with E-state index >= 15 is 0 Å². The molecule has 4 nitrogen and oxygen atoms in total. The van der Waals surface area contributed by atoms with Crippen molar-refractivity contribution >= 4 is 33.0 Å². The highest BCUT2D eigenvalue weighted by Gasteiger charge is 2.62. The molecule has 0 spiro atoms. The van der Waals surface area contributed by atoms with Crippen LogP contribution in [0.1, 0.15) is 30.9 Å². The Labute approximate surface area is 159 Å². The molecule has 6 heteroatoms. The van der Waals surface area contributed by atoms with Gasteiger partial charge in [0, 0.05) is 17.3 Å². The second-order valence-corrected chi connectivity index (χ2v) is 9.47. The highest BCUT2D eigenvalue weighted by Crippen LogP contribution is 2.48. The highest BCUT2D eigenvalue weighted by molar-refractivity contribution is 7.94. The largest absolute Gasteiger partial charge is 0.311 e. The molecule has 1 fully saturated rings. The molecule has 0 atom stereocenters. The fourth-order valence-corrected chi connectivity index (χ4v) is 5.18. The Morgan fingerprint density at radius 2 is 1.69 bits per heavy atom. The normalized spacial score (nSPS) is 15.5. The summed E-state index contributed by atoms with van der Waals surface area (Å²) in [4.78, 5) is 15.0. The lowest BCUT2D eigenvalue weighted by atomic mass is 10.1. The van der Waals surface area contributed by atoms with Gasteiger partial charge in [-0.1, -0.05) is 17.7 Å². The Balaban J connectivity index is 1.99. The minimum Gasteiger partial charge on any atom is -0.311 e. The minimum absolute atomic E-state index is 0.142. The third kappa shape index (κ3) is 3.03. The van der Waals surface area contributed by atoms with Gasteiger partial charge in [0.25, 0.3) is 0 Å². The SMILES string of the molecule is CCN(C(=O)C1(S(=O)(=O)c2ccc(Cl)cc2)CC1)c1ccc(C)c(C)c1. The molecule has 1 aliphatic carbocycles. The van der Waals surface area contributed by atoms with E-state index in [9.17, 15) is 13.2 Å². The lowest BCUT2D eigenvalue weighted by Gasteiger charge is -2.27. The van der Waals surface area contributed by atoms with Gasteiger partial charge >= 0.3 is 0 Å². The number of hydrogen-bond donors (Lipinski definition) is 0. The van der Waals surface area contributed by atoms with Crippen LogP contribution in [0, 0.1) is 13.8 Å². The van der Waals surface area contributed by atoms with Gasteiger partial charge < -0.3 is 4.90 Å². The second kappa shape index (κ2) is 6.71. The van der Waals surface area contributed by atoms with E-state index in [-0.39, 0.29) is 10.8 Å². The van der Waals surface area contributed by atoms with Crippen molar-refractivity contribution in [1.29, 1.82) is 0 Å². The molecule has 1 aliphatic rings. The Bertz CT molecular complexity index is 948. The van der Waals surface area contributed by atoms with Gasteiger partial charge in [0.05, 0.1) is 4.90 Å². The van der Waals surface area contributed by atoms with Crippen molar-refractivity contribution in [3.8, 4) is 0 Å². The number of rotatable bonds is 5. The van der Waals surface area contributed by atoms with E-state index in [4.69, 9.17) is 11.6 Å². The van der Waals surface area contributed by atoms with Crippen LogP contribution in [0.3, 0.4) is 0 Å². The molecule has 0 saturated heterocycles.